The van der Waals surface area contributed by atoms with Crippen LogP contribution in [0.25, 0.3) is 0 Å². The largest absolute Gasteiger partial charge is 0.497 e. The van der Waals surface area contributed by atoms with Gasteiger partial charge in [-0.3, -0.25) is 9.89 Å². The molecule has 0 saturated carbocycles. The highest BCUT2D eigenvalue weighted by molar-refractivity contribution is 14.0. The van der Waals surface area contributed by atoms with Crippen molar-refractivity contribution < 1.29 is 13.9 Å². The summed E-state index contributed by atoms with van der Waals surface area (Å²) in [6.07, 6.45) is 0. The predicted octanol–water partition coefficient (Wildman–Crippen LogP) is 3.19. The molecule has 1 saturated heterocycles. The van der Waals surface area contributed by atoms with Crippen LogP contribution in [0.2, 0.25) is 0 Å². The topological polar surface area (TPSA) is 58.1 Å². The number of rotatable bonds is 7. The molecule has 0 aromatic heterocycles. The van der Waals surface area contributed by atoms with Gasteiger partial charge in [0.2, 0.25) is 0 Å². The lowest BCUT2D eigenvalue weighted by Gasteiger charge is -2.35. The minimum atomic E-state index is -0.237. The minimum Gasteiger partial charge on any atom is -0.497 e. The van der Waals surface area contributed by atoms with Gasteiger partial charge in [0.25, 0.3) is 0 Å². The standard InChI is InChI=1S/C22H29FN4O2.HI/c1-24-22(25-15-17-4-3-5-19(23)14-17)26-16-21(27-10-12-29-13-11-27)18-6-8-20(28-2)9-7-18;/h3-9,14,21H,10-13,15-16H2,1-2H3,(H2,24,25,26);1H. The molecule has 1 unspecified atom stereocenters. The molecular weight excluding hydrogens is 498 g/mol. The number of aliphatic imine (C=N–C) groups is 1. The van der Waals surface area contributed by atoms with Crippen molar-refractivity contribution in [2.45, 2.75) is 12.6 Å². The lowest BCUT2D eigenvalue weighted by atomic mass is 10.0. The van der Waals surface area contributed by atoms with Crippen LogP contribution in [-0.4, -0.2) is 57.9 Å². The molecular formula is C22H30FIN4O2. The van der Waals surface area contributed by atoms with Crippen LogP contribution in [0.4, 0.5) is 4.39 Å². The maximum absolute atomic E-state index is 13.4. The van der Waals surface area contributed by atoms with E-state index < -0.39 is 0 Å². The molecule has 2 aromatic carbocycles. The van der Waals surface area contributed by atoms with E-state index in [1.54, 1.807) is 20.2 Å². The van der Waals surface area contributed by atoms with Gasteiger partial charge in [-0.15, -0.1) is 24.0 Å². The molecule has 1 aliphatic rings. The molecule has 6 nitrogen and oxygen atoms in total. The number of halogens is 2. The molecule has 30 heavy (non-hydrogen) atoms. The van der Waals surface area contributed by atoms with E-state index in [-0.39, 0.29) is 35.8 Å². The second kappa shape index (κ2) is 12.7. The molecule has 0 bridgehead atoms. The number of hydrogen-bond acceptors (Lipinski definition) is 4. The van der Waals surface area contributed by atoms with Gasteiger partial charge in [-0.1, -0.05) is 24.3 Å². The lowest BCUT2D eigenvalue weighted by molar-refractivity contribution is 0.0170. The summed E-state index contributed by atoms with van der Waals surface area (Å²) in [5.41, 5.74) is 2.08. The third kappa shape index (κ3) is 7.10. The van der Waals surface area contributed by atoms with Crippen LogP contribution < -0.4 is 15.4 Å². The van der Waals surface area contributed by atoms with Crippen LogP contribution in [0, 0.1) is 5.82 Å². The summed E-state index contributed by atoms with van der Waals surface area (Å²) in [5.74, 6) is 1.29. The molecule has 1 fully saturated rings. The predicted molar refractivity (Wildman–Crippen MR) is 128 cm³/mol. The fraction of sp³-hybridized carbons (Fsp3) is 0.409. The Bertz CT molecular complexity index is 798. The van der Waals surface area contributed by atoms with Crippen LogP contribution in [0.3, 0.4) is 0 Å². The van der Waals surface area contributed by atoms with E-state index in [2.05, 4.69) is 32.7 Å². The number of benzene rings is 2. The van der Waals surface area contributed by atoms with E-state index in [4.69, 9.17) is 9.47 Å². The first-order valence-corrected chi connectivity index (χ1v) is 9.84. The molecule has 0 spiro atoms. The van der Waals surface area contributed by atoms with Gasteiger partial charge in [0, 0.05) is 33.2 Å². The first kappa shape index (κ1) is 24.4. The van der Waals surface area contributed by atoms with Crippen LogP contribution in [0.15, 0.2) is 53.5 Å². The summed E-state index contributed by atoms with van der Waals surface area (Å²) in [6.45, 7) is 4.43. The Labute approximate surface area is 194 Å². The first-order valence-electron chi connectivity index (χ1n) is 9.84. The van der Waals surface area contributed by atoms with Crippen LogP contribution >= 0.6 is 24.0 Å². The Balaban J connectivity index is 0.00000320. The van der Waals surface area contributed by atoms with Gasteiger partial charge < -0.3 is 20.1 Å². The summed E-state index contributed by atoms with van der Waals surface area (Å²) in [4.78, 5) is 6.72. The zero-order chi connectivity index (χ0) is 20.5. The van der Waals surface area contributed by atoms with Crippen molar-refractivity contribution in [3.8, 4) is 5.75 Å². The number of hydrogen-bond donors (Lipinski definition) is 2. The highest BCUT2D eigenvalue weighted by Gasteiger charge is 2.23. The SMILES string of the molecule is CN=C(NCc1cccc(F)c1)NCC(c1ccc(OC)cc1)N1CCOCC1.I. The average molecular weight is 528 g/mol. The fourth-order valence-corrected chi connectivity index (χ4v) is 3.42. The normalized spacial score (nSPS) is 15.8. The Kier molecular flexibility index (Phi) is 10.3. The number of morpholine rings is 1. The summed E-state index contributed by atoms with van der Waals surface area (Å²) in [5, 5.41) is 6.66. The maximum atomic E-state index is 13.4. The number of nitrogens with one attached hydrogen (secondary N) is 2. The van der Waals surface area contributed by atoms with Crippen molar-refractivity contribution >= 4 is 29.9 Å². The van der Waals surface area contributed by atoms with Gasteiger partial charge in [-0.2, -0.15) is 0 Å². The highest BCUT2D eigenvalue weighted by atomic mass is 127. The van der Waals surface area contributed by atoms with E-state index in [0.29, 0.717) is 19.0 Å². The van der Waals surface area contributed by atoms with Crippen molar-refractivity contribution in [2.75, 3.05) is 47.0 Å². The maximum Gasteiger partial charge on any atom is 0.191 e. The molecule has 164 valence electrons. The summed E-state index contributed by atoms with van der Waals surface area (Å²) in [6, 6.07) is 14.9. The Hall–Kier alpha value is -1.91. The number of ether oxygens (including phenoxy) is 2. The number of nitrogens with zero attached hydrogens (tertiary/aromatic N) is 2. The molecule has 0 aliphatic carbocycles. The number of methoxy groups -OCH3 is 1. The molecule has 1 aliphatic heterocycles. The molecule has 0 radical (unpaired) electrons. The van der Waals surface area contributed by atoms with Gasteiger partial charge in [-0.25, -0.2) is 4.39 Å². The fourth-order valence-electron chi connectivity index (χ4n) is 3.42. The van der Waals surface area contributed by atoms with Gasteiger partial charge in [-0.05, 0) is 35.4 Å². The second-order valence-corrected chi connectivity index (χ2v) is 6.87. The summed E-state index contributed by atoms with van der Waals surface area (Å²) < 4.78 is 24.2. The lowest BCUT2D eigenvalue weighted by Crippen LogP contribution is -2.46. The van der Waals surface area contributed by atoms with Crippen LogP contribution in [-0.2, 0) is 11.3 Å². The Morgan fingerprint density at radius 2 is 1.90 bits per heavy atom. The monoisotopic (exact) mass is 528 g/mol. The quantitative estimate of drug-likeness (QED) is 0.329. The number of guanidine groups is 1. The molecule has 1 atom stereocenters. The zero-order valence-corrected chi connectivity index (χ0v) is 19.8. The summed E-state index contributed by atoms with van der Waals surface area (Å²) in [7, 11) is 3.41. The Morgan fingerprint density at radius 3 is 2.53 bits per heavy atom. The second-order valence-electron chi connectivity index (χ2n) is 6.87. The molecule has 1 heterocycles. The van der Waals surface area contributed by atoms with E-state index >= 15 is 0 Å². The van der Waals surface area contributed by atoms with Gasteiger partial charge in [0.1, 0.15) is 11.6 Å². The van der Waals surface area contributed by atoms with Gasteiger partial charge in [0.15, 0.2) is 5.96 Å². The van der Waals surface area contributed by atoms with E-state index in [1.807, 2.05) is 18.2 Å². The molecule has 2 aromatic rings. The van der Waals surface area contributed by atoms with Crippen LogP contribution in [0.5, 0.6) is 5.75 Å². The van der Waals surface area contributed by atoms with Gasteiger partial charge in [0.05, 0.1) is 26.4 Å². The Morgan fingerprint density at radius 1 is 1.17 bits per heavy atom. The van der Waals surface area contributed by atoms with Crippen molar-refractivity contribution in [3.63, 3.8) is 0 Å². The van der Waals surface area contributed by atoms with Crippen LogP contribution in [0.1, 0.15) is 17.2 Å². The molecule has 3 rings (SSSR count). The molecule has 8 heteroatoms. The van der Waals surface area contributed by atoms with Crippen molar-refractivity contribution in [3.05, 3.63) is 65.5 Å². The van der Waals surface area contributed by atoms with E-state index in [1.165, 1.54) is 17.7 Å². The summed E-state index contributed by atoms with van der Waals surface area (Å²) >= 11 is 0. The third-order valence-electron chi connectivity index (χ3n) is 5.02. The van der Waals surface area contributed by atoms with Crippen molar-refractivity contribution in [1.29, 1.82) is 0 Å². The molecule has 0 amide bonds. The average Bonchev–Trinajstić information content (AvgIpc) is 2.77. The smallest absolute Gasteiger partial charge is 0.191 e. The van der Waals surface area contributed by atoms with E-state index in [9.17, 15) is 4.39 Å². The highest BCUT2D eigenvalue weighted by Crippen LogP contribution is 2.23. The van der Waals surface area contributed by atoms with Crippen molar-refractivity contribution in [1.82, 2.24) is 15.5 Å². The first-order chi connectivity index (χ1) is 14.2. The zero-order valence-electron chi connectivity index (χ0n) is 17.4. The third-order valence-corrected chi connectivity index (χ3v) is 5.02. The minimum absolute atomic E-state index is 0. The molecule has 2 N–H and O–H groups in total. The van der Waals surface area contributed by atoms with E-state index in [0.717, 1.165) is 37.6 Å². The van der Waals surface area contributed by atoms with Crippen molar-refractivity contribution in [2.24, 2.45) is 4.99 Å². The van der Waals surface area contributed by atoms with Gasteiger partial charge >= 0.3 is 0 Å².